The lowest BCUT2D eigenvalue weighted by atomic mass is 9.81. The van der Waals surface area contributed by atoms with Crippen molar-refractivity contribution in [2.24, 2.45) is 4.99 Å². The highest BCUT2D eigenvalue weighted by molar-refractivity contribution is 8.14. The summed E-state index contributed by atoms with van der Waals surface area (Å²) in [5.41, 5.74) is 1.95. The van der Waals surface area contributed by atoms with Gasteiger partial charge in [0.05, 0.1) is 5.69 Å². The van der Waals surface area contributed by atoms with Crippen LogP contribution in [0.1, 0.15) is 11.1 Å². The minimum atomic E-state index is -0.947. The monoisotopic (exact) mass is 342 g/mol. The molecule has 4 heteroatoms. The summed E-state index contributed by atoms with van der Waals surface area (Å²) < 4.78 is 0. The Kier molecular flexibility index (Phi) is 3.09. The molecule has 0 bridgehead atoms. The third-order valence-corrected chi connectivity index (χ3v) is 5.75. The zero-order chi connectivity index (χ0) is 16.9. The van der Waals surface area contributed by atoms with Gasteiger partial charge in [0.1, 0.15) is 0 Å². The lowest BCUT2D eigenvalue weighted by Crippen LogP contribution is -2.48. The molecular formula is C21H14N2OS. The molecule has 5 rings (SSSR count). The lowest BCUT2D eigenvalue weighted by molar-refractivity contribution is -0.120. The second kappa shape index (κ2) is 5.33. The molecule has 0 fully saturated rings. The summed E-state index contributed by atoms with van der Waals surface area (Å²) in [6.45, 7) is 0. The van der Waals surface area contributed by atoms with Gasteiger partial charge in [-0.25, -0.2) is 0 Å². The Morgan fingerprint density at radius 1 is 0.760 bits per heavy atom. The standard InChI is InChI=1S/C21H14N2OS/c24-19-21(15-9-3-1-4-10-15,16-11-5-2-6-12-16)23-17-13-7-8-14-18(17)25-20(23)22-19/h1-14H. The minimum Gasteiger partial charge on any atom is -0.296 e. The summed E-state index contributed by atoms with van der Waals surface area (Å²) in [5.74, 6) is -0.137. The molecule has 0 unspecified atom stereocenters. The Bertz CT molecular complexity index is 959. The summed E-state index contributed by atoms with van der Waals surface area (Å²) in [7, 11) is 0. The SMILES string of the molecule is O=C1N=C2Sc3ccccc3N2C1(c1ccccc1)c1ccccc1. The van der Waals surface area contributed by atoms with Crippen LogP contribution in [-0.2, 0) is 10.3 Å². The maximum absolute atomic E-state index is 13.3. The first-order valence-electron chi connectivity index (χ1n) is 8.13. The Labute approximate surface area is 150 Å². The lowest BCUT2D eigenvalue weighted by Gasteiger charge is -2.37. The van der Waals surface area contributed by atoms with Gasteiger partial charge in [0, 0.05) is 4.90 Å². The first-order chi connectivity index (χ1) is 12.3. The van der Waals surface area contributed by atoms with E-state index in [-0.39, 0.29) is 5.91 Å². The predicted octanol–water partition coefficient (Wildman–Crippen LogP) is 4.44. The van der Waals surface area contributed by atoms with Crippen LogP contribution in [0.2, 0.25) is 0 Å². The normalized spacial score (nSPS) is 17.2. The molecule has 0 radical (unpaired) electrons. The van der Waals surface area contributed by atoms with Crippen LogP contribution < -0.4 is 4.90 Å². The van der Waals surface area contributed by atoms with Crippen molar-refractivity contribution in [1.82, 2.24) is 0 Å². The van der Waals surface area contributed by atoms with E-state index in [0.29, 0.717) is 0 Å². The van der Waals surface area contributed by atoms with E-state index in [1.54, 1.807) is 11.8 Å². The first-order valence-corrected chi connectivity index (χ1v) is 8.95. The van der Waals surface area contributed by atoms with Crippen molar-refractivity contribution >= 4 is 28.5 Å². The van der Waals surface area contributed by atoms with Crippen LogP contribution in [0.15, 0.2) is 94.8 Å². The Balaban J connectivity index is 1.84. The van der Waals surface area contributed by atoms with Gasteiger partial charge < -0.3 is 0 Å². The summed E-state index contributed by atoms with van der Waals surface area (Å²) >= 11 is 1.56. The minimum absolute atomic E-state index is 0.137. The summed E-state index contributed by atoms with van der Waals surface area (Å²) in [6.07, 6.45) is 0. The third-order valence-electron chi connectivity index (χ3n) is 4.72. The molecule has 25 heavy (non-hydrogen) atoms. The number of benzene rings is 3. The molecule has 0 N–H and O–H groups in total. The van der Waals surface area contributed by atoms with Crippen LogP contribution in [0.25, 0.3) is 0 Å². The van der Waals surface area contributed by atoms with E-state index in [1.807, 2.05) is 72.8 Å². The molecule has 2 heterocycles. The zero-order valence-electron chi connectivity index (χ0n) is 13.3. The highest BCUT2D eigenvalue weighted by Crippen LogP contribution is 2.53. The number of para-hydroxylation sites is 1. The number of hydrogen-bond acceptors (Lipinski definition) is 3. The Morgan fingerprint density at radius 3 is 1.96 bits per heavy atom. The molecule has 0 saturated heterocycles. The fourth-order valence-electron chi connectivity index (χ4n) is 3.67. The van der Waals surface area contributed by atoms with E-state index in [1.165, 1.54) is 0 Å². The highest BCUT2D eigenvalue weighted by Gasteiger charge is 2.56. The van der Waals surface area contributed by atoms with Crippen molar-refractivity contribution < 1.29 is 4.79 Å². The van der Waals surface area contributed by atoms with E-state index in [0.717, 1.165) is 26.9 Å². The number of fused-ring (bicyclic) bond motifs is 3. The van der Waals surface area contributed by atoms with Crippen LogP contribution in [0, 0.1) is 0 Å². The largest absolute Gasteiger partial charge is 0.296 e. The smallest absolute Gasteiger partial charge is 0.283 e. The van der Waals surface area contributed by atoms with Crippen LogP contribution >= 0.6 is 11.8 Å². The number of nitrogens with zero attached hydrogens (tertiary/aromatic N) is 2. The summed E-state index contributed by atoms with van der Waals surface area (Å²) in [6, 6.07) is 28.0. The summed E-state index contributed by atoms with van der Waals surface area (Å²) in [4.78, 5) is 20.9. The Morgan fingerprint density at radius 2 is 1.32 bits per heavy atom. The number of carbonyl (C=O) groups is 1. The molecule has 2 aliphatic rings. The van der Waals surface area contributed by atoms with Crippen molar-refractivity contribution in [3.8, 4) is 0 Å². The van der Waals surface area contributed by atoms with Gasteiger partial charge in [-0.3, -0.25) is 9.69 Å². The molecule has 3 aromatic carbocycles. The van der Waals surface area contributed by atoms with E-state index >= 15 is 0 Å². The highest BCUT2D eigenvalue weighted by atomic mass is 32.2. The van der Waals surface area contributed by atoms with E-state index in [4.69, 9.17) is 0 Å². The molecular weight excluding hydrogens is 328 g/mol. The molecule has 3 nitrogen and oxygen atoms in total. The fraction of sp³-hybridized carbons (Fsp3) is 0.0476. The molecule has 0 aromatic heterocycles. The molecule has 0 saturated carbocycles. The average molecular weight is 342 g/mol. The molecule has 0 aliphatic carbocycles. The van der Waals surface area contributed by atoms with E-state index in [9.17, 15) is 4.79 Å². The van der Waals surface area contributed by atoms with Crippen molar-refractivity contribution in [3.05, 3.63) is 96.1 Å². The average Bonchev–Trinajstić information content (AvgIpc) is 3.16. The second-order valence-corrected chi connectivity index (χ2v) is 7.06. The number of amides is 1. The zero-order valence-corrected chi connectivity index (χ0v) is 14.1. The van der Waals surface area contributed by atoms with Gasteiger partial charge in [0.15, 0.2) is 10.7 Å². The maximum atomic E-state index is 13.3. The quantitative estimate of drug-likeness (QED) is 0.690. The van der Waals surface area contributed by atoms with Gasteiger partial charge in [-0.05, 0) is 35.0 Å². The van der Waals surface area contributed by atoms with Crippen LogP contribution in [0.5, 0.6) is 0 Å². The van der Waals surface area contributed by atoms with Crippen molar-refractivity contribution in [2.45, 2.75) is 10.4 Å². The predicted molar refractivity (Wildman–Crippen MR) is 101 cm³/mol. The number of thioether (sulfide) groups is 1. The number of hydrogen-bond donors (Lipinski definition) is 0. The molecule has 0 atom stereocenters. The van der Waals surface area contributed by atoms with Gasteiger partial charge in [-0.1, -0.05) is 72.8 Å². The molecule has 3 aromatic rings. The Hall–Kier alpha value is -2.85. The third kappa shape index (κ3) is 1.88. The van der Waals surface area contributed by atoms with Gasteiger partial charge in [0.2, 0.25) is 0 Å². The molecule has 2 aliphatic heterocycles. The van der Waals surface area contributed by atoms with Crippen molar-refractivity contribution in [3.63, 3.8) is 0 Å². The van der Waals surface area contributed by atoms with Crippen molar-refractivity contribution in [1.29, 1.82) is 0 Å². The topological polar surface area (TPSA) is 32.7 Å². The molecule has 0 spiro atoms. The van der Waals surface area contributed by atoms with Gasteiger partial charge >= 0.3 is 0 Å². The van der Waals surface area contributed by atoms with Gasteiger partial charge in [-0.2, -0.15) is 4.99 Å². The van der Waals surface area contributed by atoms with Crippen LogP contribution in [0.4, 0.5) is 5.69 Å². The van der Waals surface area contributed by atoms with Crippen molar-refractivity contribution in [2.75, 3.05) is 4.90 Å². The number of aliphatic imine (C=N–C) groups is 1. The fourth-order valence-corrected chi connectivity index (χ4v) is 4.73. The van der Waals surface area contributed by atoms with E-state index < -0.39 is 5.54 Å². The van der Waals surface area contributed by atoms with E-state index in [2.05, 4.69) is 22.0 Å². The maximum Gasteiger partial charge on any atom is 0.283 e. The van der Waals surface area contributed by atoms with Crippen LogP contribution in [0.3, 0.4) is 0 Å². The molecule has 1 amide bonds. The summed E-state index contributed by atoms with van der Waals surface area (Å²) in [5, 5.41) is 0.749. The first kappa shape index (κ1) is 14.5. The second-order valence-electron chi connectivity index (χ2n) is 6.05. The number of amidine groups is 1. The molecule has 120 valence electrons. The number of carbonyl (C=O) groups excluding carboxylic acids is 1. The number of rotatable bonds is 2. The number of anilines is 1. The van der Waals surface area contributed by atoms with Crippen LogP contribution in [-0.4, -0.2) is 11.1 Å². The van der Waals surface area contributed by atoms with Gasteiger partial charge in [0.25, 0.3) is 5.91 Å². The van der Waals surface area contributed by atoms with Gasteiger partial charge in [-0.15, -0.1) is 0 Å².